The number of rotatable bonds is 10. The van der Waals surface area contributed by atoms with Crippen LogP contribution >= 0.6 is 0 Å². The molecular weight excluding hydrogens is 238 g/mol. The lowest BCUT2D eigenvalue weighted by Gasteiger charge is -2.40. The highest BCUT2D eigenvalue weighted by atomic mass is 16.3. The van der Waals surface area contributed by atoms with E-state index in [0.29, 0.717) is 12.5 Å². The van der Waals surface area contributed by atoms with E-state index in [4.69, 9.17) is 0 Å². The summed E-state index contributed by atoms with van der Waals surface area (Å²) in [6.07, 6.45) is 8.00. The number of aliphatic hydroxyl groups excluding tert-OH is 1. The predicted molar refractivity (Wildman–Crippen MR) is 80.2 cm³/mol. The van der Waals surface area contributed by atoms with Crippen LogP contribution in [0.1, 0.15) is 65.7 Å². The highest BCUT2D eigenvalue weighted by molar-refractivity contribution is 4.88. The van der Waals surface area contributed by atoms with Crippen LogP contribution in [0.4, 0.5) is 0 Å². The van der Waals surface area contributed by atoms with Crippen LogP contribution in [0.2, 0.25) is 0 Å². The minimum Gasteiger partial charge on any atom is -0.396 e. The van der Waals surface area contributed by atoms with Crippen LogP contribution in [0, 0.1) is 11.3 Å². The SMILES string of the molecule is C[C@H](CCCC(C)(C)O)CCNCC1(CO)CCC1. The summed E-state index contributed by atoms with van der Waals surface area (Å²) in [6, 6.07) is 0. The van der Waals surface area contributed by atoms with Crippen LogP contribution in [-0.4, -0.2) is 35.5 Å². The average Bonchev–Trinajstić information content (AvgIpc) is 2.25. The standard InChI is InChI=1S/C16H33NO2/c1-14(6-4-8-15(2,3)19)7-11-17-12-16(13-18)9-5-10-16/h14,17-19H,4-13H2,1-3H3/t14-/m1/s1. The topological polar surface area (TPSA) is 52.5 Å². The van der Waals surface area contributed by atoms with Gasteiger partial charge in [-0.2, -0.15) is 0 Å². The van der Waals surface area contributed by atoms with E-state index < -0.39 is 5.60 Å². The van der Waals surface area contributed by atoms with Gasteiger partial charge in [0.05, 0.1) is 5.60 Å². The lowest BCUT2D eigenvalue weighted by molar-refractivity contribution is 0.0446. The van der Waals surface area contributed by atoms with Crippen molar-refractivity contribution in [2.45, 2.75) is 71.3 Å². The normalized spacial score (nSPS) is 20.1. The molecule has 1 atom stereocenters. The monoisotopic (exact) mass is 271 g/mol. The van der Waals surface area contributed by atoms with Gasteiger partial charge in [-0.3, -0.25) is 0 Å². The molecule has 114 valence electrons. The van der Waals surface area contributed by atoms with Crippen LogP contribution < -0.4 is 5.32 Å². The smallest absolute Gasteiger partial charge is 0.0591 e. The Labute approximate surface area is 118 Å². The molecule has 0 radical (unpaired) electrons. The maximum atomic E-state index is 9.66. The lowest BCUT2D eigenvalue weighted by atomic mass is 9.69. The van der Waals surface area contributed by atoms with Crippen molar-refractivity contribution in [2.24, 2.45) is 11.3 Å². The zero-order valence-corrected chi connectivity index (χ0v) is 13.0. The van der Waals surface area contributed by atoms with E-state index in [0.717, 1.165) is 25.9 Å². The molecule has 0 aromatic heterocycles. The quantitative estimate of drug-likeness (QED) is 0.536. The minimum absolute atomic E-state index is 0.199. The van der Waals surface area contributed by atoms with Crippen molar-refractivity contribution >= 4 is 0 Å². The van der Waals surface area contributed by atoms with E-state index in [-0.39, 0.29) is 5.41 Å². The Kier molecular flexibility index (Phi) is 6.78. The Hall–Kier alpha value is -0.120. The number of nitrogens with one attached hydrogen (secondary N) is 1. The first kappa shape index (κ1) is 16.9. The van der Waals surface area contributed by atoms with Crippen LogP contribution in [0.25, 0.3) is 0 Å². The zero-order chi connectivity index (χ0) is 14.4. The third kappa shape index (κ3) is 6.73. The molecule has 3 heteroatoms. The summed E-state index contributed by atoms with van der Waals surface area (Å²) in [5.74, 6) is 0.710. The molecule has 0 bridgehead atoms. The predicted octanol–water partition coefficient (Wildman–Crippen LogP) is 2.71. The van der Waals surface area contributed by atoms with E-state index in [1.807, 2.05) is 13.8 Å². The van der Waals surface area contributed by atoms with E-state index in [1.165, 1.54) is 32.1 Å². The van der Waals surface area contributed by atoms with E-state index in [1.54, 1.807) is 0 Å². The molecule has 1 aliphatic rings. The van der Waals surface area contributed by atoms with E-state index >= 15 is 0 Å². The molecule has 3 N–H and O–H groups in total. The van der Waals surface area contributed by atoms with Crippen LogP contribution in [0.5, 0.6) is 0 Å². The Balaban J connectivity index is 1.99. The molecule has 1 fully saturated rings. The van der Waals surface area contributed by atoms with Gasteiger partial charge in [-0.25, -0.2) is 0 Å². The summed E-state index contributed by atoms with van der Waals surface area (Å²) in [4.78, 5) is 0. The van der Waals surface area contributed by atoms with Crippen molar-refractivity contribution in [3.63, 3.8) is 0 Å². The number of hydrogen-bond donors (Lipinski definition) is 3. The molecule has 0 aromatic carbocycles. The van der Waals surface area contributed by atoms with Gasteiger partial charge in [-0.1, -0.05) is 26.2 Å². The van der Waals surface area contributed by atoms with Gasteiger partial charge in [-0.05, 0) is 52.0 Å². The molecule has 1 saturated carbocycles. The fraction of sp³-hybridized carbons (Fsp3) is 1.00. The van der Waals surface area contributed by atoms with Gasteiger partial charge in [0, 0.05) is 18.6 Å². The highest BCUT2D eigenvalue weighted by Gasteiger charge is 2.35. The fourth-order valence-corrected chi connectivity index (χ4v) is 2.80. The Morgan fingerprint density at radius 3 is 2.42 bits per heavy atom. The summed E-state index contributed by atoms with van der Waals surface area (Å²) < 4.78 is 0. The maximum Gasteiger partial charge on any atom is 0.0591 e. The lowest BCUT2D eigenvalue weighted by Crippen LogP contribution is -2.43. The summed E-state index contributed by atoms with van der Waals surface area (Å²) in [7, 11) is 0. The average molecular weight is 271 g/mol. The molecule has 0 saturated heterocycles. The van der Waals surface area contributed by atoms with Crippen molar-refractivity contribution in [2.75, 3.05) is 19.7 Å². The summed E-state index contributed by atoms with van der Waals surface area (Å²) in [6.45, 7) is 8.40. The number of hydrogen-bond acceptors (Lipinski definition) is 3. The van der Waals surface area contributed by atoms with Gasteiger partial charge < -0.3 is 15.5 Å². The van der Waals surface area contributed by atoms with Crippen LogP contribution in [-0.2, 0) is 0 Å². The fourth-order valence-electron chi connectivity index (χ4n) is 2.80. The van der Waals surface area contributed by atoms with Crippen LogP contribution in [0.15, 0.2) is 0 Å². The number of aliphatic hydroxyl groups is 2. The summed E-state index contributed by atoms with van der Waals surface area (Å²) in [5, 5.41) is 22.5. The zero-order valence-electron chi connectivity index (χ0n) is 13.0. The second-order valence-corrected chi connectivity index (χ2v) is 7.29. The molecule has 19 heavy (non-hydrogen) atoms. The maximum absolute atomic E-state index is 9.66. The molecule has 1 rings (SSSR count). The molecule has 1 aliphatic carbocycles. The van der Waals surface area contributed by atoms with Crippen molar-refractivity contribution in [1.82, 2.24) is 5.32 Å². The second kappa shape index (κ2) is 7.61. The van der Waals surface area contributed by atoms with Gasteiger partial charge in [0.15, 0.2) is 0 Å². The minimum atomic E-state index is -0.518. The van der Waals surface area contributed by atoms with Gasteiger partial charge in [0.1, 0.15) is 0 Å². The Morgan fingerprint density at radius 2 is 1.95 bits per heavy atom. The van der Waals surface area contributed by atoms with Gasteiger partial charge in [-0.15, -0.1) is 0 Å². The largest absolute Gasteiger partial charge is 0.396 e. The molecule has 0 heterocycles. The first-order valence-electron chi connectivity index (χ1n) is 7.91. The van der Waals surface area contributed by atoms with E-state index in [2.05, 4.69) is 12.2 Å². The third-order valence-corrected chi connectivity index (χ3v) is 4.55. The summed E-state index contributed by atoms with van der Waals surface area (Å²) >= 11 is 0. The second-order valence-electron chi connectivity index (χ2n) is 7.29. The van der Waals surface area contributed by atoms with Gasteiger partial charge in [0.2, 0.25) is 0 Å². The highest BCUT2D eigenvalue weighted by Crippen LogP contribution is 2.39. The first-order chi connectivity index (χ1) is 8.87. The molecule has 0 unspecified atom stereocenters. The van der Waals surface area contributed by atoms with Gasteiger partial charge >= 0.3 is 0 Å². The third-order valence-electron chi connectivity index (χ3n) is 4.55. The molecular formula is C16H33NO2. The Morgan fingerprint density at radius 1 is 1.26 bits per heavy atom. The van der Waals surface area contributed by atoms with Gasteiger partial charge in [0.25, 0.3) is 0 Å². The summed E-state index contributed by atoms with van der Waals surface area (Å²) in [5.41, 5.74) is -0.320. The van der Waals surface area contributed by atoms with Crippen LogP contribution in [0.3, 0.4) is 0 Å². The van der Waals surface area contributed by atoms with Crippen molar-refractivity contribution < 1.29 is 10.2 Å². The molecule has 0 aliphatic heterocycles. The van der Waals surface area contributed by atoms with E-state index in [9.17, 15) is 10.2 Å². The molecule has 3 nitrogen and oxygen atoms in total. The van der Waals surface area contributed by atoms with Crippen molar-refractivity contribution in [3.05, 3.63) is 0 Å². The Bertz CT molecular complexity index is 238. The van der Waals surface area contributed by atoms with Crippen molar-refractivity contribution in [1.29, 1.82) is 0 Å². The molecule has 0 aromatic rings. The van der Waals surface area contributed by atoms with Crippen molar-refractivity contribution in [3.8, 4) is 0 Å². The first-order valence-corrected chi connectivity index (χ1v) is 7.91. The molecule has 0 amide bonds. The molecule has 0 spiro atoms.